The molecule has 0 spiro atoms. The van der Waals surface area contributed by atoms with E-state index in [0.29, 0.717) is 13.0 Å². The van der Waals surface area contributed by atoms with Crippen molar-refractivity contribution < 1.29 is 8.78 Å². The summed E-state index contributed by atoms with van der Waals surface area (Å²) in [4.78, 5) is 0. The maximum absolute atomic E-state index is 12.7. The number of rotatable bonds is 1. The lowest BCUT2D eigenvalue weighted by molar-refractivity contribution is -0.0664. The molecule has 2 N–H and O–H groups in total. The topological polar surface area (TPSA) is 29.3 Å². The summed E-state index contributed by atoms with van der Waals surface area (Å²) in [5.41, 5.74) is 0. The Hall–Kier alpha value is -0.220. The van der Waals surface area contributed by atoms with Crippen LogP contribution in [0.1, 0.15) is 19.8 Å². The molecule has 1 aliphatic rings. The Labute approximate surface area is 65.3 Å². The molecule has 1 rings (SSSR count). The van der Waals surface area contributed by atoms with Crippen LogP contribution in [0.25, 0.3) is 0 Å². The first-order valence-corrected chi connectivity index (χ1v) is 3.87. The normalized spacial score (nSPS) is 28.9. The number of alkyl halides is 2. The van der Waals surface area contributed by atoms with E-state index in [9.17, 15) is 8.78 Å². The first-order chi connectivity index (χ1) is 5.00. The molecule has 66 valence electrons. The van der Waals surface area contributed by atoms with Crippen molar-refractivity contribution in [3.8, 4) is 0 Å². The van der Waals surface area contributed by atoms with Gasteiger partial charge in [-0.05, 0) is 19.8 Å². The van der Waals surface area contributed by atoms with Gasteiger partial charge >= 0.3 is 0 Å². The Bertz CT molecular complexity index is 133. The average molecular weight is 164 g/mol. The van der Waals surface area contributed by atoms with Crippen molar-refractivity contribution in [3.63, 3.8) is 0 Å². The average Bonchev–Trinajstić information content (AvgIpc) is 1.86. The zero-order valence-corrected chi connectivity index (χ0v) is 6.69. The standard InChI is InChI=1S/C7H14F2N2/c1-7(8,9)6-3-2-4-11(10)5-6/h6H,2-5,10H2,1H3. The number of hydrogen-bond acceptors (Lipinski definition) is 2. The smallest absolute Gasteiger partial charge is 0.249 e. The van der Waals surface area contributed by atoms with Gasteiger partial charge in [-0.15, -0.1) is 0 Å². The lowest BCUT2D eigenvalue weighted by atomic mass is 9.94. The van der Waals surface area contributed by atoms with Crippen LogP contribution < -0.4 is 5.84 Å². The Kier molecular flexibility index (Phi) is 2.44. The van der Waals surface area contributed by atoms with Gasteiger partial charge in [0, 0.05) is 19.0 Å². The van der Waals surface area contributed by atoms with Crippen LogP contribution in [-0.2, 0) is 0 Å². The number of hydrazine groups is 1. The molecule has 0 radical (unpaired) electrons. The summed E-state index contributed by atoms with van der Waals surface area (Å²) < 4.78 is 25.4. The molecule has 0 aromatic rings. The van der Waals surface area contributed by atoms with Gasteiger partial charge < -0.3 is 0 Å². The lowest BCUT2D eigenvalue weighted by Gasteiger charge is -2.32. The zero-order chi connectivity index (χ0) is 8.48. The number of halogens is 2. The summed E-state index contributed by atoms with van der Waals surface area (Å²) in [6.45, 7) is 2.03. The van der Waals surface area contributed by atoms with E-state index in [4.69, 9.17) is 5.84 Å². The van der Waals surface area contributed by atoms with Crippen molar-refractivity contribution >= 4 is 0 Å². The highest BCUT2D eigenvalue weighted by atomic mass is 19.3. The first kappa shape index (κ1) is 8.87. The fourth-order valence-electron chi connectivity index (χ4n) is 1.42. The minimum Gasteiger partial charge on any atom is -0.269 e. The quantitative estimate of drug-likeness (QED) is 0.590. The van der Waals surface area contributed by atoms with E-state index in [0.717, 1.165) is 19.9 Å². The Balaban J connectivity index is 2.46. The molecule has 1 saturated heterocycles. The molecule has 2 nitrogen and oxygen atoms in total. The van der Waals surface area contributed by atoms with Crippen LogP contribution in [0.3, 0.4) is 0 Å². The van der Waals surface area contributed by atoms with Gasteiger partial charge in [0.25, 0.3) is 0 Å². The molecule has 1 aliphatic heterocycles. The van der Waals surface area contributed by atoms with E-state index in [2.05, 4.69) is 0 Å². The first-order valence-electron chi connectivity index (χ1n) is 3.87. The molecule has 0 aromatic carbocycles. The predicted octanol–water partition coefficient (Wildman–Crippen LogP) is 1.23. The minimum atomic E-state index is -2.57. The van der Waals surface area contributed by atoms with Crippen molar-refractivity contribution in [3.05, 3.63) is 0 Å². The van der Waals surface area contributed by atoms with Gasteiger partial charge in [0.05, 0.1) is 0 Å². The fourth-order valence-corrected chi connectivity index (χ4v) is 1.42. The molecule has 0 aliphatic carbocycles. The molecule has 1 unspecified atom stereocenters. The van der Waals surface area contributed by atoms with Crippen LogP contribution in [0.4, 0.5) is 8.78 Å². The molecule has 1 fully saturated rings. The monoisotopic (exact) mass is 164 g/mol. The van der Waals surface area contributed by atoms with Crippen LogP contribution in [0.2, 0.25) is 0 Å². The van der Waals surface area contributed by atoms with E-state index < -0.39 is 11.8 Å². The summed E-state index contributed by atoms with van der Waals surface area (Å²) in [7, 11) is 0. The van der Waals surface area contributed by atoms with Crippen molar-refractivity contribution in [1.82, 2.24) is 5.01 Å². The van der Waals surface area contributed by atoms with E-state index in [1.807, 2.05) is 0 Å². The third kappa shape index (κ3) is 2.38. The number of hydrogen-bond donors (Lipinski definition) is 1. The van der Waals surface area contributed by atoms with Crippen molar-refractivity contribution in [1.29, 1.82) is 0 Å². The van der Waals surface area contributed by atoms with Gasteiger partial charge in [0.15, 0.2) is 0 Å². The second kappa shape index (κ2) is 3.03. The molecule has 4 heteroatoms. The molecule has 1 heterocycles. The minimum absolute atomic E-state index is 0.323. The van der Waals surface area contributed by atoms with Gasteiger partial charge in [-0.3, -0.25) is 5.84 Å². The molecular formula is C7H14F2N2. The second-order valence-electron chi connectivity index (χ2n) is 3.29. The van der Waals surface area contributed by atoms with Gasteiger partial charge in [-0.25, -0.2) is 13.8 Å². The molecular weight excluding hydrogens is 150 g/mol. The predicted molar refractivity (Wildman–Crippen MR) is 39.1 cm³/mol. The summed E-state index contributed by atoms with van der Waals surface area (Å²) in [6.07, 6.45) is 1.38. The summed E-state index contributed by atoms with van der Waals surface area (Å²) in [5.74, 6) is 2.30. The number of nitrogens with zero attached hydrogens (tertiary/aromatic N) is 1. The third-order valence-electron chi connectivity index (χ3n) is 2.17. The highest BCUT2D eigenvalue weighted by molar-refractivity contribution is 4.78. The second-order valence-corrected chi connectivity index (χ2v) is 3.29. The van der Waals surface area contributed by atoms with E-state index in [-0.39, 0.29) is 0 Å². The van der Waals surface area contributed by atoms with Crippen LogP contribution in [0.5, 0.6) is 0 Å². The Morgan fingerprint density at radius 3 is 2.55 bits per heavy atom. The molecule has 0 amide bonds. The highest BCUT2D eigenvalue weighted by Gasteiger charge is 2.36. The maximum Gasteiger partial charge on any atom is 0.249 e. The zero-order valence-electron chi connectivity index (χ0n) is 6.69. The maximum atomic E-state index is 12.7. The molecule has 0 aromatic heterocycles. The van der Waals surface area contributed by atoms with Crippen LogP contribution in [0, 0.1) is 5.92 Å². The van der Waals surface area contributed by atoms with E-state index >= 15 is 0 Å². The molecule has 0 bridgehead atoms. The van der Waals surface area contributed by atoms with Crippen molar-refractivity contribution in [2.75, 3.05) is 13.1 Å². The molecule has 1 atom stereocenters. The van der Waals surface area contributed by atoms with Gasteiger partial charge in [-0.1, -0.05) is 0 Å². The summed E-state index contributed by atoms with van der Waals surface area (Å²) in [6, 6.07) is 0. The Morgan fingerprint density at radius 1 is 1.55 bits per heavy atom. The SMILES string of the molecule is CC(F)(F)C1CCCN(N)C1. The summed E-state index contributed by atoms with van der Waals surface area (Å²) in [5, 5.41) is 1.48. The van der Waals surface area contributed by atoms with Crippen LogP contribution >= 0.6 is 0 Å². The van der Waals surface area contributed by atoms with E-state index in [1.165, 1.54) is 5.01 Å². The van der Waals surface area contributed by atoms with Crippen LogP contribution in [0.15, 0.2) is 0 Å². The van der Waals surface area contributed by atoms with E-state index in [1.54, 1.807) is 0 Å². The fraction of sp³-hybridized carbons (Fsp3) is 1.00. The van der Waals surface area contributed by atoms with Gasteiger partial charge in [0.1, 0.15) is 0 Å². The number of nitrogens with two attached hydrogens (primary N) is 1. The summed E-state index contributed by atoms with van der Waals surface area (Å²) >= 11 is 0. The van der Waals surface area contributed by atoms with Gasteiger partial charge in [0.2, 0.25) is 5.92 Å². The van der Waals surface area contributed by atoms with Crippen molar-refractivity contribution in [2.24, 2.45) is 11.8 Å². The largest absolute Gasteiger partial charge is 0.269 e. The lowest BCUT2D eigenvalue weighted by Crippen LogP contribution is -2.45. The molecule has 0 saturated carbocycles. The van der Waals surface area contributed by atoms with Crippen LogP contribution in [-0.4, -0.2) is 24.0 Å². The third-order valence-corrected chi connectivity index (χ3v) is 2.17. The van der Waals surface area contributed by atoms with Gasteiger partial charge in [-0.2, -0.15) is 0 Å². The van der Waals surface area contributed by atoms with Crippen molar-refractivity contribution in [2.45, 2.75) is 25.7 Å². The highest BCUT2D eigenvalue weighted by Crippen LogP contribution is 2.30. The number of piperidine rings is 1. The molecule has 11 heavy (non-hydrogen) atoms. The Morgan fingerprint density at radius 2 is 2.18 bits per heavy atom.